The molecule has 4 heteroatoms. The molecule has 1 aliphatic rings. The summed E-state index contributed by atoms with van der Waals surface area (Å²) in [6.45, 7) is 2.60. The summed E-state index contributed by atoms with van der Waals surface area (Å²) in [4.78, 5) is 25.2. The number of carbonyl (C=O) groups is 2. The molecular formula is C26H32O4. The zero-order valence-corrected chi connectivity index (χ0v) is 17.7. The first-order valence-corrected chi connectivity index (χ1v) is 11.1. The lowest BCUT2D eigenvalue weighted by atomic mass is 9.52. The Morgan fingerprint density at radius 2 is 1.27 bits per heavy atom. The maximum absolute atomic E-state index is 13.1. The van der Waals surface area contributed by atoms with Crippen molar-refractivity contribution in [1.82, 2.24) is 0 Å². The van der Waals surface area contributed by atoms with Crippen molar-refractivity contribution in [2.24, 2.45) is 11.8 Å². The predicted octanol–water partition coefficient (Wildman–Crippen LogP) is 5.79. The van der Waals surface area contributed by atoms with Crippen LogP contribution in [0, 0.1) is 11.8 Å². The number of esters is 1. The summed E-state index contributed by atoms with van der Waals surface area (Å²) >= 11 is 0. The molecule has 0 saturated heterocycles. The topological polar surface area (TPSA) is 63.6 Å². The Kier molecular flexibility index (Phi) is 8.06. The molecule has 2 aromatic rings. The minimum absolute atomic E-state index is 0.274. The van der Waals surface area contributed by atoms with Gasteiger partial charge < -0.3 is 9.84 Å². The van der Waals surface area contributed by atoms with E-state index < -0.39 is 17.8 Å². The summed E-state index contributed by atoms with van der Waals surface area (Å²) < 4.78 is 5.65. The van der Waals surface area contributed by atoms with Crippen molar-refractivity contribution >= 4 is 11.9 Å². The van der Waals surface area contributed by atoms with Gasteiger partial charge in [0.25, 0.3) is 0 Å². The third-order valence-electron chi connectivity index (χ3n) is 6.22. The van der Waals surface area contributed by atoms with E-state index in [1.165, 1.54) is 19.3 Å². The van der Waals surface area contributed by atoms with Crippen molar-refractivity contribution in [2.75, 3.05) is 6.61 Å². The summed E-state index contributed by atoms with van der Waals surface area (Å²) in [5, 5.41) is 9.96. The van der Waals surface area contributed by atoms with Gasteiger partial charge >= 0.3 is 11.9 Å². The fourth-order valence-corrected chi connectivity index (χ4v) is 4.68. The van der Waals surface area contributed by atoms with E-state index in [2.05, 4.69) is 6.92 Å². The molecular weight excluding hydrogens is 376 g/mol. The minimum atomic E-state index is -0.863. The van der Waals surface area contributed by atoms with Gasteiger partial charge in [-0.15, -0.1) is 0 Å². The summed E-state index contributed by atoms with van der Waals surface area (Å²) in [7, 11) is 0. The first kappa shape index (κ1) is 22.1. The Morgan fingerprint density at radius 1 is 0.767 bits per heavy atom. The van der Waals surface area contributed by atoms with Gasteiger partial charge in [0.2, 0.25) is 0 Å². The second-order valence-electron chi connectivity index (χ2n) is 8.20. The molecule has 3 rings (SSSR count). The Morgan fingerprint density at radius 3 is 1.77 bits per heavy atom. The van der Waals surface area contributed by atoms with Crippen LogP contribution in [0.3, 0.4) is 0 Å². The van der Waals surface area contributed by atoms with Crippen molar-refractivity contribution in [3.05, 3.63) is 71.8 Å². The van der Waals surface area contributed by atoms with E-state index in [4.69, 9.17) is 4.74 Å². The van der Waals surface area contributed by atoms with Crippen molar-refractivity contribution in [1.29, 1.82) is 0 Å². The van der Waals surface area contributed by atoms with Gasteiger partial charge in [0.05, 0.1) is 18.4 Å². The lowest BCUT2D eigenvalue weighted by Crippen LogP contribution is -2.51. The Bertz CT molecular complexity index is 755. The van der Waals surface area contributed by atoms with Crippen molar-refractivity contribution in [3.63, 3.8) is 0 Å². The molecule has 0 aliphatic heterocycles. The van der Waals surface area contributed by atoms with E-state index in [1.54, 1.807) is 0 Å². The van der Waals surface area contributed by atoms with Crippen molar-refractivity contribution < 1.29 is 19.4 Å². The Hall–Kier alpha value is -2.62. The fourth-order valence-electron chi connectivity index (χ4n) is 4.68. The molecule has 0 unspecified atom stereocenters. The highest BCUT2D eigenvalue weighted by Gasteiger charge is 2.59. The molecule has 0 heterocycles. The maximum Gasteiger partial charge on any atom is 0.310 e. The van der Waals surface area contributed by atoms with E-state index in [1.807, 2.05) is 60.7 Å². The number of carbonyl (C=O) groups excluding carboxylic acids is 1. The van der Waals surface area contributed by atoms with Crippen LogP contribution in [0.25, 0.3) is 0 Å². The second-order valence-corrected chi connectivity index (χ2v) is 8.20. The SMILES string of the molecule is CCCCCCCCOC(=O)[C@H]1[C@H](c2ccccc2)[C@@H](C(=O)O)[C@H]1c1ccccc1. The molecule has 0 radical (unpaired) electrons. The highest BCUT2D eigenvalue weighted by molar-refractivity contribution is 5.84. The van der Waals surface area contributed by atoms with Gasteiger partial charge in [0, 0.05) is 11.8 Å². The third-order valence-corrected chi connectivity index (χ3v) is 6.22. The number of hydrogen-bond donors (Lipinski definition) is 1. The van der Waals surface area contributed by atoms with Crippen LogP contribution in [-0.4, -0.2) is 23.7 Å². The van der Waals surface area contributed by atoms with Crippen LogP contribution in [0.5, 0.6) is 0 Å². The molecule has 2 aromatic carbocycles. The van der Waals surface area contributed by atoms with Crippen LogP contribution in [0.15, 0.2) is 60.7 Å². The van der Waals surface area contributed by atoms with E-state index in [0.717, 1.165) is 30.4 Å². The van der Waals surface area contributed by atoms with Crippen LogP contribution in [0.4, 0.5) is 0 Å². The summed E-state index contributed by atoms with van der Waals surface area (Å²) in [6, 6.07) is 19.0. The average molecular weight is 409 g/mol. The highest BCUT2D eigenvalue weighted by Crippen LogP contribution is 2.58. The summed E-state index contributed by atoms with van der Waals surface area (Å²) in [6.07, 6.45) is 6.75. The minimum Gasteiger partial charge on any atom is -0.481 e. The zero-order valence-electron chi connectivity index (χ0n) is 17.7. The molecule has 0 amide bonds. The number of carboxylic acids is 1. The maximum atomic E-state index is 13.1. The fraction of sp³-hybridized carbons (Fsp3) is 0.462. The first-order valence-electron chi connectivity index (χ1n) is 11.1. The number of rotatable bonds is 11. The number of hydrogen-bond acceptors (Lipinski definition) is 3. The van der Waals surface area contributed by atoms with Crippen molar-refractivity contribution in [2.45, 2.75) is 57.3 Å². The number of benzene rings is 2. The van der Waals surface area contributed by atoms with E-state index in [0.29, 0.717) is 6.61 Å². The molecule has 30 heavy (non-hydrogen) atoms. The highest BCUT2D eigenvalue weighted by atomic mass is 16.5. The molecule has 0 bridgehead atoms. The average Bonchev–Trinajstić information content (AvgIpc) is 2.74. The molecule has 1 N–H and O–H groups in total. The smallest absolute Gasteiger partial charge is 0.310 e. The van der Waals surface area contributed by atoms with Gasteiger partial charge in [-0.25, -0.2) is 0 Å². The van der Waals surface area contributed by atoms with Gasteiger partial charge in [0.15, 0.2) is 0 Å². The molecule has 1 fully saturated rings. The summed E-state index contributed by atoms with van der Waals surface area (Å²) in [5.74, 6) is -2.99. The molecule has 4 nitrogen and oxygen atoms in total. The van der Waals surface area contributed by atoms with Gasteiger partial charge in [0.1, 0.15) is 0 Å². The number of unbranched alkanes of at least 4 members (excludes halogenated alkanes) is 5. The molecule has 0 aromatic heterocycles. The summed E-state index contributed by atoms with van der Waals surface area (Å²) in [5.41, 5.74) is 1.78. The van der Waals surface area contributed by atoms with E-state index >= 15 is 0 Å². The van der Waals surface area contributed by atoms with Gasteiger partial charge in [-0.1, -0.05) is 99.7 Å². The quantitative estimate of drug-likeness (QED) is 0.378. The van der Waals surface area contributed by atoms with Crippen LogP contribution >= 0.6 is 0 Å². The number of aliphatic carboxylic acids is 1. The van der Waals surface area contributed by atoms with Crippen LogP contribution in [-0.2, 0) is 14.3 Å². The van der Waals surface area contributed by atoms with Gasteiger partial charge in [-0.05, 0) is 17.5 Å². The van der Waals surface area contributed by atoms with Gasteiger partial charge in [-0.3, -0.25) is 9.59 Å². The normalized spacial score (nSPS) is 22.8. The van der Waals surface area contributed by atoms with Gasteiger partial charge in [-0.2, -0.15) is 0 Å². The molecule has 1 saturated carbocycles. The van der Waals surface area contributed by atoms with E-state index in [9.17, 15) is 14.7 Å². The lowest BCUT2D eigenvalue weighted by molar-refractivity contribution is -0.164. The monoisotopic (exact) mass is 408 g/mol. The predicted molar refractivity (Wildman–Crippen MR) is 117 cm³/mol. The third kappa shape index (κ3) is 5.10. The molecule has 1 aliphatic carbocycles. The lowest BCUT2D eigenvalue weighted by Gasteiger charge is -2.49. The zero-order chi connectivity index (χ0) is 21.3. The molecule has 0 spiro atoms. The van der Waals surface area contributed by atoms with Crippen molar-refractivity contribution in [3.8, 4) is 0 Å². The number of carboxylic acid groups (broad SMARTS) is 1. The Balaban J connectivity index is 1.73. The van der Waals surface area contributed by atoms with E-state index in [-0.39, 0.29) is 17.8 Å². The molecule has 160 valence electrons. The second kappa shape index (κ2) is 11.0. The van der Waals surface area contributed by atoms with Crippen LogP contribution in [0.1, 0.15) is 68.4 Å². The number of ether oxygens (including phenoxy) is 1. The van der Waals surface area contributed by atoms with Crippen LogP contribution in [0.2, 0.25) is 0 Å². The molecule has 2 atom stereocenters. The largest absolute Gasteiger partial charge is 0.481 e. The standard InChI is InChI=1S/C26H32O4/c1-2-3-4-5-6-13-18-30-26(29)24-21(19-14-9-7-10-15-19)23(25(27)28)22(24)20-16-11-8-12-17-20/h7-12,14-17,21-24H,2-6,13,18H2,1H3,(H,27,28)/t21-,22-,23-,24+/m1/s1. The van der Waals surface area contributed by atoms with Crippen LogP contribution < -0.4 is 0 Å². The Labute approximate surface area is 179 Å². The first-order chi connectivity index (χ1) is 14.6.